The number of phenols is 1. The van der Waals surface area contributed by atoms with Crippen LogP contribution in [-0.2, 0) is 4.74 Å². The molecule has 2 saturated heterocycles. The SMILES string of the molecule is COc1cc(F)cc(-c2cncc(-c3ccc(C)c(O)c3)c2N2CCC3NCCOC3C2)c1. The van der Waals surface area contributed by atoms with Crippen LogP contribution in [0.4, 0.5) is 10.1 Å². The Morgan fingerprint density at radius 3 is 2.76 bits per heavy atom. The standard InChI is InChI=1S/C26H28FN3O3/c1-16-3-4-17(11-24(16)31)21-13-28-14-22(18-9-19(27)12-20(10-18)32-2)26(21)30-7-5-23-25(15-30)33-8-6-29-23/h3-4,9-14,23,25,29,31H,5-8,15H2,1-2H3. The lowest BCUT2D eigenvalue weighted by atomic mass is 9.93. The van der Waals surface area contributed by atoms with Gasteiger partial charge in [0, 0.05) is 55.3 Å². The third kappa shape index (κ3) is 4.26. The molecule has 2 unspecified atom stereocenters. The highest BCUT2D eigenvalue weighted by molar-refractivity contribution is 5.91. The van der Waals surface area contributed by atoms with E-state index >= 15 is 0 Å². The van der Waals surface area contributed by atoms with Crippen molar-refractivity contribution in [1.82, 2.24) is 10.3 Å². The summed E-state index contributed by atoms with van der Waals surface area (Å²) in [6.07, 6.45) is 4.60. The smallest absolute Gasteiger partial charge is 0.127 e. The Labute approximate surface area is 193 Å². The summed E-state index contributed by atoms with van der Waals surface area (Å²) in [6, 6.07) is 10.7. The van der Waals surface area contributed by atoms with Crippen molar-refractivity contribution >= 4 is 5.69 Å². The molecule has 0 radical (unpaired) electrons. The zero-order valence-corrected chi connectivity index (χ0v) is 18.8. The average Bonchev–Trinajstić information content (AvgIpc) is 2.84. The Morgan fingerprint density at radius 2 is 1.97 bits per heavy atom. The van der Waals surface area contributed by atoms with Gasteiger partial charge in [-0.3, -0.25) is 4.98 Å². The number of rotatable bonds is 4. The van der Waals surface area contributed by atoms with Crippen LogP contribution < -0.4 is 15.0 Å². The highest BCUT2D eigenvalue weighted by Crippen LogP contribution is 2.42. The third-order valence-corrected chi connectivity index (χ3v) is 6.57. The topological polar surface area (TPSA) is 66.9 Å². The summed E-state index contributed by atoms with van der Waals surface area (Å²) < 4.78 is 25.8. The van der Waals surface area contributed by atoms with Crippen molar-refractivity contribution < 1.29 is 19.0 Å². The average molecular weight is 450 g/mol. The van der Waals surface area contributed by atoms with Gasteiger partial charge < -0.3 is 24.8 Å². The highest BCUT2D eigenvalue weighted by atomic mass is 19.1. The van der Waals surface area contributed by atoms with Gasteiger partial charge in [-0.25, -0.2) is 4.39 Å². The Balaban J connectivity index is 1.66. The second-order valence-electron chi connectivity index (χ2n) is 8.67. The van der Waals surface area contributed by atoms with E-state index in [4.69, 9.17) is 9.47 Å². The number of benzene rings is 2. The van der Waals surface area contributed by atoms with E-state index in [1.807, 2.05) is 31.3 Å². The summed E-state index contributed by atoms with van der Waals surface area (Å²) in [4.78, 5) is 6.80. The van der Waals surface area contributed by atoms with Crippen LogP contribution in [0.1, 0.15) is 12.0 Å². The van der Waals surface area contributed by atoms with Crippen LogP contribution in [0.3, 0.4) is 0 Å². The van der Waals surface area contributed by atoms with Crippen molar-refractivity contribution in [3.63, 3.8) is 0 Å². The van der Waals surface area contributed by atoms with Crippen LogP contribution >= 0.6 is 0 Å². The van der Waals surface area contributed by atoms with Crippen LogP contribution in [0.25, 0.3) is 22.3 Å². The first-order chi connectivity index (χ1) is 16.0. The Hall–Kier alpha value is -3.16. The van der Waals surface area contributed by atoms with E-state index in [-0.39, 0.29) is 17.7 Å². The molecule has 0 spiro atoms. The number of nitrogens with zero attached hydrogens (tertiary/aromatic N) is 2. The monoisotopic (exact) mass is 449 g/mol. The lowest BCUT2D eigenvalue weighted by molar-refractivity contribution is -0.00899. The minimum Gasteiger partial charge on any atom is -0.508 e. The summed E-state index contributed by atoms with van der Waals surface area (Å²) in [5.41, 5.74) is 5.00. The summed E-state index contributed by atoms with van der Waals surface area (Å²) in [5.74, 6) is 0.315. The number of ether oxygens (including phenoxy) is 2. The fourth-order valence-corrected chi connectivity index (χ4v) is 4.81. The highest BCUT2D eigenvalue weighted by Gasteiger charge is 2.34. The Morgan fingerprint density at radius 1 is 1.15 bits per heavy atom. The quantitative estimate of drug-likeness (QED) is 0.624. The fourth-order valence-electron chi connectivity index (χ4n) is 4.81. The number of piperidine rings is 1. The fraction of sp³-hybridized carbons (Fsp3) is 0.346. The third-order valence-electron chi connectivity index (χ3n) is 6.57. The number of pyridine rings is 1. The van der Waals surface area contributed by atoms with Gasteiger partial charge in [0.15, 0.2) is 0 Å². The molecule has 6 nitrogen and oxygen atoms in total. The Bertz CT molecular complexity index is 1170. The van der Waals surface area contributed by atoms with E-state index in [2.05, 4.69) is 15.2 Å². The molecule has 33 heavy (non-hydrogen) atoms. The Kier molecular flexibility index (Phi) is 5.91. The maximum atomic E-state index is 14.4. The van der Waals surface area contributed by atoms with E-state index in [9.17, 15) is 9.50 Å². The number of morpholine rings is 1. The van der Waals surface area contributed by atoms with Crippen LogP contribution in [-0.4, -0.2) is 55.6 Å². The van der Waals surface area contributed by atoms with Crippen LogP contribution in [0.5, 0.6) is 11.5 Å². The number of phenolic OH excluding ortho intramolecular Hbond substituents is 1. The number of aromatic nitrogens is 1. The zero-order chi connectivity index (χ0) is 22.9. The minimum absolute atomic E-state index is 0.0785. The number of methoxy groups -OCH3 is 1. The molecule has 2 aliphatic heterocycles. The molecule has 2 atom stereocenters. The number of halogens is 1. The molecule has 7 heteroatoms. The van der Waals surface area contributed by atoms with Gasteiger partial charge in [-0.05, 0) is 48.2 Å². The number of hydrogen-bond acceptors (Lipinski definition) is 6. The zero-order valence-electron chi connectivity index (χ0n) is 18.8. The van der Waals surface area contributed by atoms with Gasteiger partial charge in [0.2, 0.25) is 0 Å². The molecule has 0 bridgehead atoms. The molecular formula is C26H28FN3O3. The summed E-state index contributed by atoms with van der Waals surface area (Å²) in [6.45, 7) is 4.97. The molecule has 2 aliphatic rings. The second-order valence-corrected chi connectivity index (χ2v) is 8.67. The predicted molar refractivity (Wildman–Crippen MR) is 126 cm³/mol. The van der Waals surface area contributed by atoms with Gasteiger partial charge in [-0.1, -0.05) is 12.1 Å². The van der Waals surface area contributed by atoms with Crippen molar-refractivity contribution in [1.29, 1.82) is 0 Å². The first-order valence-corrected chi connectivity index (χ1v) is 11.3. The molecular weight excluding hydrogens is 421 g/mol. The van der Waals surface area contributed by atoms with E-state index < -0.39 is 0 Å². The normalized spacial score (nSPS) is 20.4. The van der Waals surface area contributed by atoms with Crippen molar-refractivity contribution in [3.8, 4) is 33.8 Å². The van der Waals surface area contributed by atoms with Crippen molar-refractivity contribution in [2.24, 2.45) is 0 Å². The molecule has 0 aliphatic carbocycles. The summed E-state index contributed by atoms with van der Waals surface area (Å²) >= 11 is 0. The molecule has 3 aromatic rings. The molecule has 0 amide bonds. The predicted octanol–water partition coefficient (Wildman–Crippen LogP) is 4.14. The summed E-state index contributed by atoms with van der Waals surface area (Å²) in [7, 11) is 1.53. The van der Waals surface area contributed by atoms with E-state index in [1.54, 1.807) is 12.3 Å². The van der Waals surface area contributed by atoms with E-state index in [0.717, 1.165) is 47.5 Å². The molecule has 2 fully saturated rings. The molecule has 3 heterocycles. The molecule has 172 valence electrons. The number of fused-ring (bicyclic) bond motifs is 1. The van der Waals surface area contributed by atoms with Crippen molar-refractivity contribution in [2.75, 3.05) is 38.3 Å². The van der Waals surface area contributed by atoms with Crippen LogP contribution in [0.2, 0.25) is 0 Å². The van der Waals surface area contributed by atoms with Gasteiger partial charge >= 0.3 is 0 Å². The van der Waals surface area contributed by atoms with Crippen LogP contribution in [0, 0.1) is 12.7 Å². The number of anilines is 1. The van der Waals surface area contributed by atoms with E-state index in [1.165, 1.54) is 19.2 Å². The molecule has 0 saturated carbocycles. The van der Waals surface area contributed by atoms with Gasteiger partial charge in [0.1, 0.15) is 17.3 Å². The van der Waals surface area contributed by atoms with Gasteiger partial charge in [-0.2, -0.15) is 0 Å². The number of aromatic hydroxyl groups is 1. The first kappa shape index (κ1) is 21.7. The lowest BCUT2D eigenvalue weighted by Gasteiger charge is -2.43. The number of nitrogens with one attached hydrogen (secondary N) is 1. The van der Waals surface area contributed by atoms with Crippen molar-refractivity contribution in [2.45, 2.75) is 25.5 Å². The van der Waals surface area contributed by atoms with Gasteiger partial charge in [-0.15, -0.1) is 0 Å². The number of hydrogen-bond donors (Lipinski definition) is 2. The van der Waals surface area contributed by atoms with Gasteiger partial charge in [0.05, 0.1) is 25.5 Å². The van der Waals surface area contributed by atoms with Crippen LogP contribution in [0.15, 0.2) is 48.8 Å². The summed E-state index contributed by atoms with van der Waals surface area (Å²) in [5, 5.41) is 13.9. The van der Waals surface area contributed by atoms with Crippen molar-refractivity contribution in [3.05, 3.63) is 60.2 Å². The minimum atomic E-state index is -0.368. The molecule has 2 aromatic carbocycles. The molecule has 1 aromatic heterocycles. The second kappa shape index (κ2) is 9.00. The van der Waals surface area contributed by atoms with Gasteiger partial charge in [0.25, 0.3) is 0 Å². The largest absolute Gasteiger partial charge is 0.508 e. The maximum absolute atomic E-state index is 14.4. The lowest BCUT2D eigenvalue weighted by Crippen LogP contribution is -2.57. The maximum Gasteiger partial charge on any atom is 0.127 e. The first-order valence-electron chi connectivity index (χ1n) is 11.3. The molecule has 5 rings (SSSR count). The number of aryl methyl sites for hydroxylation is 1. The molecule has 2 N–H and O–H groups in total. The van der Waals surface area contributed by atoms with E-state index in [0.29, 0.717) is 30.5 Å².